The van der Waals surface area contributed by atoms with Gasteiger partial charge in [-0.15, -0.1) is 11.3 Å². The summed E-state index contributed by atoms with van der Waals surface area (Å²) in [5.74, 6) is -0.943. The van der Waals surface area contributed by atoms with Crippen LogP contribution in [-0.4, -0.2) is 16.2 Å². The molecule has 0 aliphatic carbocycles. The van der Waals surface area contributed by atoms with Gasteiger partial charge in [0.15, 0.2) is 0 Å². The molecule has 4 heteroatoms. The van der Waals surface area contributed by atoms with Gasteiger partial charge in [-0.25, -0.2) is 4.79 Å². The van der Waals surface area contributed by atoms with Crippen molar-refractivity contribution in [3.8, 4) is 0 Å². The SMILES string of the molecule is O=C(O)c1ccc2scc(CO)c2c1. The first-order valence-corrected chi connectivity index (χ1v) is 4.94. The van der Waals surface area contributed by atoms with E-state index >= 15 is 0 Å². The van der Waals surface area contributed by atoms with Gasteiger partial charge in [-0.2, -0.15) is 0 Å². The number of aliphatic hydroxyl groups is 1. The Kier molecular flexibility index (Phi) is 2.23. The Morgan fingerprint density at radius 1 is 1.43 bits per heavy atom. The Hall–Kier alpha value is -1.39. The number of carboxylic acids is 1. The van der Waals surface area contributed by atoms with Crippen LogP contribution < -0.4 is 0 Å². The van der Waals surface area contributed by atoms with E-state index in [1.807, 2.05) is 5.38 Å². The van der Waals surface area contributed by atoms with Gasteiger partial charge in [-0.3, -0.25) is 0 Å². The molecule has 0 spiro atoms. The van der Waals surface area contributed by atoms with Crippen LogP contribution in [0.4, 0.5) is 0 Å². The Labute approximate surface area is 84.2 Å². The third-order valence-corrected chi connectivity index (χ3v) is 3.08. The molecule has 0 bridgehead atoms. The molecule has 0 amide bonds. The minimum atomic E-state index is -0.943. The molecule has 1 aromatic carbocycles. The zero-order valence-corrected chi connectivity index (χ0v) is 8.04. The van der Waals surface area contributed by atoms with Gasteiger partial charge in [0, 0.05) is 4.70 Å². The lowest BCUT2D eigenvalue weighted by Gasteiger charge is -1.96. The molecule has 1 aromatic heterocycles. The van der Waals surface area contributed by atoms with E-state index in [2.05, 4.69) is 0 Å². The minimum Gasteiger partial charge on any atom is -0.478 e. The molecule has 2 aromatic rings. The molecule has 0 aliphatic rings. The number of hydrogen-bond donors (Lipinski definition) is 2. The number of benzene rings is 1. The van der Waals surface area contributed by atoms with Gasteiger partial charge in [0.25, 0.3) is 0 Å². The predicted molar refractivity (Wildman–Crippen MR) is 54.7 cm³/mol. The van der Waals surface area contributed by atoms with E-state index in [1.54, 1.807) is 18.2 Å². The summed E-state index contributed by atoms with van der Waals surface area (Å²) < 4.78 is 0.999. The van der Waals surface area contributed by atoms with Crippen molar-refractivity contribution in [3.63, 3.8) is 0 Å². The number of aromatic carboxylic acids is 1. The van der Waals surface area contributed by atoms with Crippen molar-refractivity contribution in [3.05, 3.63) is 34.7 Å². The Morgan fingerprint density at radius 3 is 2.86 bits per heavy atom. The van der Waals surface area contributed by atoms with E-state index in [4.69, 9.17) is 10.2 Å². The summed E-state index contributed by atoms with van der Waals surface area (Å²) in [6.07, 6.45) is 0. The molecule has 3 nitrogen and oxygen atoms in total. The first-order chi connectivity index (χ1) is 6.72. The van der Waals surface area contributed by atoms with Crippen molar-refractivity contribution in [2.24, 2.45) is 0 Å². The van der Waals surface area contributed by atoms with Gasteiger partial charge >= 0.3 is 5.97 Å². The van der Waals surface area contributed by atoms with Gasteiger partial charge in [0.05, 0.1) is 12.2 Å². The lowest BCUT2D eigenvalue weighted by molar-refractivity contribution is 0.0697. The number of fused-ring (bicyclic) bond motifs is 1. The summed E-state index contributed by atoms with van der Waals surface area (Å²) >= 11 is 1.51. The van der Waals surface area contributed by atoms with Crippen LogP contribution >= 0.6 is 11.3 Å². The van der Waals surface area contributed by atoms with Crippen LogP contribution in [0.5, 0.6) is 0 Å². The number of aliphatic hydroxyl groups excluding tert-OH is 1. The molecule has 0 saturated heterocycles. The van der Waals surface area contributed by atoms with Crippen LogP contribution in [-0.2, 0) is 6.61 Å². The van der Waals surface area contributed by atoms with Gasteiger partial charge in [0.2, 0.25) is 0 Å². The minimum absolute atomic E-state index is 0.0525. The number of hydrogen-bond acceptors (Lipinski definition) is 3. The quantitative estimate of drug-likeness (QED) is 0.794. The molecule has 0 aliphatic heterocycles. The van der Waals surface area contributed by atoms with Crippen molar-refractivity contribution in [2.45, 2.75) is 6.61 Å². The number of rotatable bonds is 2. The van der Waals surface area contributed by atoms with E-state index in [1.165, 1.54) is 11.3 Å². The standard InChI is InChI=1S/C10H8O3S/c11-4-7-5-14-9-2-1-6(10(12)13)3-8(7)9/h1-3,5,11H,4H2,(H,12,13). The van der Waals surface area contributed by atoms with Crippen molar-refractivity contribution >= 4 is 27.4 Å². The fourth-order valence-corrected chi connectivity index (χ4v) is 2.27. The molecule has 0 fully saturated rings. The largest absolute Gasteiger partial charge is 0.478 e. The van der Waals surface area contributed by atoms with Crippen LogP contribution in [0, 0.1) is 0 Å². The van der Waals surface area contributed by atoms with Crippen molar-refractivity contribution in [1.29, 1.82) is 0 Å². The third kappa shape index (κ3) is 1.38. The third-order valence-electron chi connectivity index (χ3n) is 2.07. The maximum Gasteiger partial charge on any atom is 0.335 e. The highest BCUT2D eigenvalue weighted by Crippen LogP contribution is 2.26. The summed E-state index contributed by atoms with van der Waals surface area (Å²) in [6.45, 7) is -0.0525. The van der Waals surface area contributed by atoms with Crippen LogP contribution in [0.2, 0.25) is 0 Å². The second-order valence-corrected chi connectivity index (χ2v) is 3.85. The molecule has 0 saturated carbocycles. The summed E-state index contributed by atoms with van der Waals surface area (Å²) in [4.78, 5) is 10.7. The maximum atomic E-state index is 10.7. The average molecular weight is 208 g/mol. The van der Waals surface area contributed by atoms with Crippen LogP contribution in [0.3, 0.4) is 0 Å². The monoisotopic (exact) mass is 208 g/mol. The van der Waals surface area contributed by atoms with E-state index in [0.717, 1.165) is 15.6 Å². The average Bonchev–Trinajstić information content (AvgIpc) is 2.59. The Morgan fingerprint density at radius 2 is 2.21 bits per heavy atom. The fraction of sp³-hybridized carbons (Fsp3) is 0.100. The molecule has 1 heterocycles. The van der Waals surface area contributed by atoms with Crippen LogP contribution in [0.25, 0.3) is 10.1 Å². The van der Waals surface area contributed by atoms with Crippen molar-refractivity contribution in [2.75, 3.05) is 0 Å². The molecular weight excluding hydrogens is 200 g/mol. The van der Waals surface area contributed by atoms with Gasteiger partial charge < -0.3 is 10.2 Å². The van der Waals surface area contributed by atoms with Crippen LogP contribution in [0.15, 0.2) is 23.6 Å². The normalized spacial score (nSPS) is 10.6. The second kappa shape index (κ2) is 3.40. The summed E-state index contributed by atoms with van der Waals surface area (Å²) in [7, 11) is 0. The lowest BCUT2D eigenvalue weighted by atomic mass is 10.1. The fourth-order valence-electron chi connectivity index (χ4n) is 1.34. The van der Waals surface area contributed by atoms with E-state index in [0.29, 0.717) is 0 Å². The van der Waals surface area contributed by atoms with E-state index in [-0.39, 0.29) is 12.2 Å². The van der Waals surface area contributed by atoms with Gasteiger partial charge in [-0.05, 0) is 34.5 Å². The molecular formula is C10H8O3S. The van der Waals surface area contributed by atoms with Gasteiger partial charge in [0.1, 0.15) is 0 Å². The second-order valence-electron chi connectivity index (χ2n) is 2.94. The van der Waals surface area contributed by atoms with Crippen molar-refractivity contribution < 1.29 is 15.0 Å². The molecule has 0 atom stereocenters. The molecule has 0 radical (unpaired) electrons. The first kappa shape index (κ1) is 9.18. The highest BCUT2D eigenvalue weighted by molar-refractivity contribution is 7.17. The molecule has 2 rings (SSSR count). The topological polar surface area (TPSA) is 57.5 Å². The molecule has 0 unspecified atom stereocenters. The Balaban J connectivity index is 2.67. The first-order valence-electron chi connectivity index (χ1n) is 4.06. The van der Waals surface area contributed by atoms with E-state index in [9.17, 15) is 4.79 Å². The maximum absolute atomic E-state index is 10.7. The summed E-state index contributed by atoms with van der Waals surface area (Å²) in [6, 6.07) is 4.94. The predicted octanol–water partition coefficient (Wildman–Crippen LogP) is 2.09. The van der Waals surface area contributed by atoms with Crippen LogP contribution in [0.1, 0.15) is 15.9 Å². The zero-order valence-electron chi connectivity index (χ0n) is 7.23. The molecule has 2 N–H and O–H groups in total. The van der Waals surface area contributed by atoms with E-state index < -0.39 is 5.97 Å². The highest BCUT2D eigenvalue weighted by Gasteiger charge is 2.07. The lowest BCUT2D eigenvalue weighted by Crippen LogP contribution is -1.95. The molecule has 72 valence electrons. The zero-order chi connectivity index (χ0) is 10.1. The number of carboxylic acid groups (broad SMARTS) is 1. The summed E-state index contributed by atoms with van der Waals surface area (Å²) in [5.41, 5.74) is 1.04. The Bertz CT molecular complexity index is 487. The smallest absolute Gasteiger partial charge is 0.335 e. The number of carbonyl (C=O) groups is 1. The summed E-state index contributed by atoms with van der Waals surface area (Å²) in [5, 5.41) is 20.5. The van der Waals surface area contributed by atoms with Gasteiger partial charge in [-0.1, -0.05) is 0 Å². The number of thiophene rings is 1. The van der Waals surface area contributed by atoms with Crippen molar-refractivity contribution in [1.82, 2.24) is 0 Å². The highest BCUT2D eigenvalue weighted by atomic mass is 32.1. The molecule has 14 heavy (non-hydrogen) atoms.